The number of carbonyl (C=O) groups excluding carboxylic acids is 1. The molecule has 1 fully saturated rings. The van der Waals surface area contributed by atoms with Crippen molar-refractivity contribution in [3.63, 3.8) is 0 Å². The number of amides is 1. The lowest BCUT2D eigenvalue weighted by Crippen LogP contribution is -2.40. The van der Waals surface area contributed by atoms with Crippen molar-refractivity contribution in [2.75, 3.05) is 13.1 Å². The van der Waals surface area contributed by atoms with Gasteiger partial charge in [0.05, 0.1) is 34.4 Å². The van der Waals surface area contributed by atoms with E-state index in [2.05, 4.69) is 15.2 Å². The van der Waals surface area contributed by atoms with E-state index in [1.54, 1.807) is 4.90 Å². The monoisotopic (exact) mass is 536 g/mol. The van der Waals surface area contributed by atoms with E-state index in [1.165, 1.54) is 40.5 Å². The zero-order valence-corrected chi connectivity index (χ0v) is 20.0. The van der Waals surface area contributed by atoms with Gasteiger partial charge in [0.15, 0.2) is 0 Å². The Morgan fingerprint density at radius 3 is 2.42 bits per heavy atom. The maximum absolute atomic E-state index is 13.6. The number of piperidine rings is 1. The number of likely N-dealkylation sites (tertiary alicyclic amines) is 1. The first-order valence-corrected chi connectivity index (χ1v) is 11.7. The molecule has 1 aromatic carbocycles. The molecule has 14 heteroatoms. The van der Waals surface area contributed by atoms with Gasteiger partial charge in [-0.25, -0.2) is 4.79 Å². The van der Waals surface area contributed by atoms with Crippen LogP contribution in [0.3, 0.4) is 0 Å². The van der Waals surface area contributed by atoms with E-state index in [4.69, 9.17) is 4.42 Å². The molecule has 3 aromatic heterocycles. The maximum atomic E-state index is 13.6. The maximum Gasteiger partial charge on any atom is 0.416 e. The Morgan fingerprint density at radius 1 is 1.11 bits per heavy atom. The normalized spacial score (nSPS) is 15.1. The van der Waals surface area contributed by atoms with Crippen molar-refractivity contribution in [3.05, 3.63) is 64.2 Å². The fourth-order valence-electron chi connectivity index (χ4n) is 4.65. The summed E-state index contributed by atoms with van der Waals surface area (Å²) in [5.41, 5.74) is -0.330. The number of halogens is 5. The van der Waals surface area contributed by atoms with Crippen molar-refractivity contribution in [2.45, 2.75) is 45.0 Å². The van der Waals surface area contributed by atoms with Crippen LogP contribution in [0.4, 0.5) is 22.0 Å². The Morgan fingerprint density at radius 2 is 1.84 bits per heavy atom. The van der Waals surface area contributed by atoms with Crippen LogP contribution in [0.15, 0.2) is 45.7 Å². The van der Waals surface area contributed by atoms with Crippen LogP contribution in [-0.2, 0) is 17.5 Å². The first-order valence-electron chi connectivity index (χ1n) is 11.7. The highest BCUT2D eigenvalue weighted by molar-refractivity contribution is 5.77. The molecule has 0 saturated carbocycles. The number of alkyl halides is 5. The molecule has 200 valence electrons. The Kier molecular flexibility index (Phi) is 6.49. The number of benzene rings is 1. The molecule has 9 nitrogen and oxygen atoms in total. The third-order valence-corrected chi connectivity index (χ3v) is 6.58. The van der Waals surface area contributed by atoms with Gasteiger partial charge in [-0.3, -0.25) is 18.9 Å². The summed E-state index contributed by atoms with van der Waals surface area (Å²) < 4.78 is 73.6. The first-order chi connectivity index (χ1) is 18.0. The fraction of sp³-hybridized carbons (Fsp3) is 0.375. The second-order valence-corrected chi connectivity index (χ2v) is 8.96. The van der Waals surface area contributed by atoms with Gasteiger partial charge in [-0.05, 0) is 43.2 Å². The molecule has 0 bridgehead atoms. The average Bonchev–Trinajstić information content (AvgIpc) is 3.48. The van der Waals surface area contributed by atoms with E-state index in [-0.39, 0.29) is 35.5 Å². The molecule has 0 unspecified atom stereocenters. The van der Waals surface area contributed by atoms with Crippen molar-refractivity contribution < 1.29 is 31.2 Å². The van der Waals surface area contributed by atoms with Crippen LogP contribution in [0.25, 0.3) is 22.5 Å². The van der Waals surface area contributed by atoms with Crippen LogP contribution >= 0.6 is 0 Å². The van der Waals surface area contributed by atoms with E-state index in [0.717, 1.165) is 12.1 Å². The van der Waals surface area contributed by atoms with Crippen molar-refractivity contribution >= 4 is 16.9 Å². The van der Waals surface area contributed by atoms with E-state index in [9.17, 15) is 31.5 Å². The highest BCUT2D eigenvalue weighted by atomic mass is 19.4. The quantitative estimate of drug-likeness (QED) is 0.350. The number of fused-ring (bicyclic) bond motifs is 1. The van der Waals surface area contributed by atoms with Gasteiger partial charge >= 0.3 is 18.3 Å². The van der Waals surface area contributed by atoms with Crippen molar-refractivity contribution in [1.29, 1.82) is 0 Å². The SMILES string of the molecule is CC(=O)N1CCC(n2c(=O)n(Cc3ccc(-c4nnc(C(F)F)o4)cn3)c3cc(C(F)(F)F)ccc32)CC1. The van der Waals surface area contributed by atoms with Crippen LogP contribution in [0.5, 0.6) is 0 Å². The summed E-state index contributed by atoms with van der Waals surface area (Å²) in [4.78, 5) is 31.1. The van der Waals surface area contributed by atoms with Gasteiger partial charge in [-0.15, -0.1) is 10.2 Å². The van der Waals surface area contributed by atoms with Crippen LogP contribution in [0.2, 0.25) is 0 Å². The Balaban J connectivity index is 1.51. The molecule has 38 heavy (non-hydrogen) atoms. The number of imidazole rings is 1. The molecule has 1 amide bonds. The highest BCUT2D eigenvalue weighted by Gasteiger charge is 2.32. The standard InChI is InChI=1S/C24H21F5N6O3/c1-13(36)33-8-6-17(7-9-33)35-18-5-3-15(24(27,28)29)10-19(18)34(23(35)37)12-16-4-2-14(11-30-16)21-31-32-22(38-21)20(25)26/h2-5,10-11,17,20H,6-9,12H2,1H3. The largest absolute Gasteiger partial charge is 0.416 e. The zero-order valence-electron chi connectivity index (χ0n) is 20.0. The lowest BCUT2D eigenvalue weighted by Gasteiger charge is -2.31. The molecule has 1 aliphatic heterocycles. The van der Waals surface area contributed by atoms with E-state index in [0.29, 0.717) is 37.1 Å². The molecule has 1 saturated heterocycles. The summed E-state index contributed by atoms with van der Waals surface area (Å²) in [7, 11) is 0. The topological polar surface area (TPSA) is 99.1 Å². The predicted octanol–water partition coefficient (Wildman–Crippen LogP) is 4.44. The second-order valence-electron chi connectivity index (χ2n) is 8.96. The van der Waals surface area contributed by atoms with Gasteiger partial charge in [0.1, 0.15) is 0 Å². The number of hydrogen-bond donors (Lipinski definition) is 0. The molecule has 0 N–H and O–H groups in total. The van der Waals surface area contributed by atoms with Gasteiger partial charge < -0.3 is 9.32 Å². The van der Waals surface area contributed by atoms with E-state index in [1.807, 2.05) is 0 Å². The smallest absolute Gasteiger partial charge is 0.415 e. The summed E-state index contributed by atoms with van der Waals surface area (Å²) in [6.45, 7) is 2.20. The number of nitrogens with zero attached hydrogens (tertiary/aromatic N) is 6. The fourth-order valence-corrected chi connectivity index (χ4v) is 4.65. The predicted molar refractivity (Wildman–Crippen MR) is 123 cm³/mol. The lowest BCUT2D eigenvalue weighted by molar-refractivity contribution is -0.137. The van der Waals surface area contributed by atoms with E-state index < -0.39 is 29.7 Å². The van der Waals surface area contributed by atoms with Crippen LogP contribution < -0.4 is 5.69 Å². The molecule has 0 aliphatic carbocycles. The van der Waals surface area contributed by atoms with Crippen molar-refractivity contribution in [2.24, 2.45) is 0 Å². The third-order valence-electron chi connectivity index (χ3n) is 6.58. The van der Waals surface area contributed by atoms with Crippen LogP contribution in [0, 0.1) is 0 Å². The molecular weight excluding hydrogens is 515 g/mol. The minimum atomic E-state index is -4.61. The number of rotatable bonds is 5. The molecule has 0 atom stereocenters. The minimum Gasteiger partial charge on any atom is -0.415 e. The summed E-state index contributed by atoms with van der Waals surface area (Å²) in [5.74, 6) is -1.08. The summed E-state index contributed by atoms with van der Waals surface area (Å²) in [6, 6.07) is 5.86. The zero-order chi connectivity index (χ0) is 27.2. The Hall–Kier alpha value is -4.10. The molecule has 5 rings (SSSR count). The van der Waals surface area contributed by atoms with Gasteiger partial charge in [0.2, 0.25) is 11.8 Å². The molecule has 4 heterocycles. The molecule has 0 radical (unpaired) electrons. The Bertz CT molecular complexity index is 1530. The van der Waals surface area contributed by atoms with Gasteiger partial charge in [0.25, 0.3) is 5.89 Å². The molecule has 0 spiro atoms. The molecule has 1 aliphatic rings. The highest BCUT2D eigenvalue weighted by Crippen LogP contribution is 2.33. The number of carbonyl (C=O) groups is 1. The first kappa shape index (κ1) is 25.5. The lowest BCUT2D eigenvalue weighted by atomic mass is 10.0. The summed E-state index contributed by atoms with van der Waals surface area (Å²) in [6.07, 6.45) is -5.27. The van der Waals surface area contributed by atoms with Gasteiger partial charge in [0, 0.05) is 32.3 Å². The number of pyridine rings is 1. The van der Waals surface area contributed by atoms with Gasteiger partial charge in [-0.2, -0.15) is 22.0 Å². The average molecular weight is 536 g/mol. The van der Waals surface area contributed by atoms with Crippen LogP contribution in [0.1, 0.15) is 49.4 Å². The second kappa shape index (κ2) is 9.65. The van der Waals surface area contributed by atoms with Crippen molar-refractivity contribution in [3.8, 4) is 11.5 Å². The number of hydrogen-bond acceptors (Lipinski definition) is 6. The summed E-state index contributed by atoms with van der Waals surface area (Å²) in [5, 5.41) is 6.82. The van der Waals surface area contributed by atoms with Crippen LogP contribution in [-0.4, -0.2) is 48.2 Å². The third kappa shape index (κ3) is 4.77. The number of aromatic nitrogens is 5. The van der Waals surface area contributed by atoms with Gasteiger partial charge in [-0.1, -0.05) is 0 Å². The molecular formula is C24H21F5N6O3. The molecule has 4 aromatic rings. The Labute approximate surface area is 211 Å². The summed E-state index contributed by atoms with van der Waals surface area (Å²) >= 11 is 0. The van der Waals surface area contributed by atoms with Crippen molar-refractivity contribution in [1.82, 2.24) is 29.2 Å². The van der Waals surface area contributed by atoms with E-state index >= 15 is 0 Å². The minimum absolute atomic E-state index is 0.0754.